The summed E-state index contributed by atoms with van der Waals surface area (Å²) in [7, 11) is 0. The zero-order valence-corrected chi connectivity index (χ0v) is 13.5. The highest BCUT2D eigenvalue weighted by atomic mass is 35.5. The zero-order chi connectivity index (χ0) is 14.4. The number of hydrogen-bond acceptors (Lipinski definition) is 3. The molecule has 1 atom stereocenters. The van der Waals surface area contributed by atoms with Gasteiger partial charge in [-0.2, -0.15) is 0 Å². The van der Waals surface area contributed by atoms with E-state index in [1.807, 2.05) is 0 Å². The first-order valence-corrected chi connectivity index (χ1v) is 7.33. The smallest absolute Gasteiger partial charge is 0.222 e. The molecular weight excluding hydrogens is 288 g/mol. The lowest BCUT2D eigenvalue weighted by molar-refractivity contribution is -0.124. The summed E-state index contributed by atoms with van der Waals surface area (Å²) in [5.74, 6) is 0.584. The van der Waals surface area contributed by atoms with E-state index in [2.05, 4.69) is 48.7 Å². The van der Waals surface area contributed by atoms with Crippen LogP contribution in [0.5, 0.6) is 0 Å². The highest BCUT2D eigenvalue weighted by Gasteiger charge is 2.16. The van der Waals surface area contributed by atoms with Crippen molar-refractivity contribution in [2.75, 3.05) is 19.7 Å². The maximum atomic E-state index is 11.8. The Balaban J connectivity index is 0.00000220. The number of halogens is 1. The van der Waals surface area contributed by atoms with Crippen LogP contribution in [0.4, 0.5) is 0 Å². The molecule has 1 amide bonds. The Morgan fingerprint density at radius 2 is 2.10 bits per heavy atom. The molecule has 0 saturated carbocycles. The van der Waals surface area contributed by atoms with Gasteiger partial charge in [0.25, 0.3) is 0 Å². The maximum absolute atomic E-state index is 11.8. The Bertz CT molecular complexity index is 428. The van der Waals surface area contributed by atoms with Crippen molar-refractivity contribution in [3.8, 4) is 0 Å². The predicted molar refractivity (Wildman–Crippen MR) is 86.9 cm³/mol. The van der Waals surface area contributed by atoms with Crippen LogP contribution >= 0.6 is 12.4 Å². The van der Waals surface area contributed by atoms with Crippen LogP contribution in [0.1, 0.15) is 37.3 Å². The fourth-order valence-corrected chi connectivity index (χ4v) is 2.25. The van der Waals surface area contributed by atoms with Crippen LogP contribution in [0, 0.1) is 0 Å². The predicted octanol–water partition coefficient (Wildman–Crippen LogP) is 2.23. The van der Waals surface area contributed by atoms with Crippen LogP contribution in [0.2, 0.25) is 0 Å². The SMILES string of the molecule is CC(C)c1ccc(CNC(=O)CC2CNCCO2)cc1.Cl. The van der Waals surface area contributed by atoms with Gasteiger partial charge in [0.15, 0.2) is 0 Å². The quantitative estimate of drug-likeness (QED) is 0.876. The van der Waals surface area contributed by atoms with Gasteiger partial charge in [-0.25, -0.2) is 0 Å². The summed E-state index contributed by atoms with van der Waals surface area (Å²) in [6.45, 7) is 7.26. The third-order valence-electron chi connectivity index (χ3n) is 3.55. The molecule has 118 valence electrons. The molecular formula is C16H25ClN2O2. The van der Waals surface area contributed by atoms with E-state index >= 15 is 0 Å². The monoisotopic (exact) mass is 312 g/mol. The fraction of sp³-hybridized carbons (Fsp3) is 0.562. The number of morpholine rings is 1. The summed E-state index contributed by atoms with van der Waals surface area (Å²) in [4.78, 5) is 11.8. The Morgan fingerprint density at radius 3 is 2.67 bits per heavy atom. The molecule has 1 fully saturated rings. The van der Waals surface area contributed by atoms with Crippen LogP contribution in [0.15, 0.2) is 24.3 Å². The topological polar surface area (TPSA) is 50.4 Å². The zero-order valence-electron chi connectivity index (χ0n) is 12.7. The number of carbonyl (C=O) groups is 1. The minimum absolute atomic E-state index is 0. The average Bonchev–Trinajstić information content (AvgIpc) is 2.46. The molecule has 0 bridgehead atoms. The minimum atomic E-state index is 0. The summed E-state index contributed by atoms with van der Waals surface area (Å²) in [6, 6.07) is 8.41. The van der Waals surface area contributed by atoms with Gasteiger partial charge in [-0.15, -0.1) is 12.4 Å². The van der Waals surface area contributed by atoms with Crippen molar-refractivity contribution in [2.24, 2.45) is 0 Å². The molecule has 1 aliphatic heterocycles. The van der Waals surface area contributed by atoms with Crippen molar-refractivity contribution in [1.82, 2.24) is 10.6 Å². The second-order valence-electron chi connectivity index (χ2n) is 5.57. The lowest BCUT2D eigenvalue weighted by Crippen LogP contribution is -2.41. The summed E-state index contributed by atoms with van der Waals surface area (Å²) < 4.78 is 5.52. The van der Waals surface area contributed by atoms with Gasteiger partial charge in [-0.3, -0.25) is 4.79 Å². The summed E-state index contributed by atoms with van der Waals surface area (Å²) in [5.41, 5.74) is 2.45. The largest absolute Gasteiger partial charge is 0.375 e. The van der Waals surface area contributed by atoms with Crippen molar-refractivity contribution in [3.05, 3.63) is 35.4 Å². The molecule has 1 saturated heterocycles. The van der Waals surface area contributed by atoms with Gasteiger partial charge in [0.2, 0.25) is 5.91 Å². The van der Waals surface area contributed by atoms with Gasteiger partial charge < -0.3 is 15.4 Å². The summed E-state index contributed by atoms with van der Waals surface area (Å²) in [6.07, 6.45) is 0.434. The number of carbonyl (C=O) groups excluding carboxylic acids is 1. The maximum Gasteiger partial charge on any atom is 0.222 e. The number of amides is 1. The van der Waals surface area contributed by atoms with E-state index in [1.54, 1.807) is 0 Å². The molecule has 1 aliphatic rings. The molecule has 1 aromatic carbocycles. The first kappa shape index (κ1) is 18.0. The van der Waals surface area contributed by atoms with Crippen LogP contribution in [-0.2, 0) is 16.1 Å². The van der Waals surface area contributed by atoms with Crippen LogP contribution in [0.3, 0.4) is 0 Å². The Labute approximate surface area is 133 Å². The lowest BCUT2D eigenvalue weighted by Gasteiger charge is -2.23. The van der Waals surface area contributed by atoms with Crippen LogP contribution < -0.4 is 10.6 Å². The van der Waals surface area contributed by atoms with Crippen molar-refractivity contribution in [3.63, 3.8) is 0 Å². The van der Waals surface area contributed by atoms with Crippen LogP contribution in [0.25, 0.3) is 0 Å². The van der Waals surface area contributed by atoms with Crippen molar-refractivity contribution >= 4 is 18.3 Å². The molecule has 1 aromatic rings. The Hall–Kier alpha value is -1.10. The van der Waals surface area contributed by atoms with Crippen molar-refractivity contribution in [2.45, 2.75) is 38.8 Å². The standard InChI is InChI=1S/C16H24N2O2.ClH/c1-12(2)14-5-3-13(4-6-14)10-18-16(19)9-15-11-17-7-8-20-15;/h3-6,12,15,17H,7-11H2,1-2H3,(H,18,19);1H. The number of benzene rings is 1. The first-order chi connectivity index (χ1) is 9.65. The van der Waals surface area contributed by atoms with E-state index in [9.17, 15) is 4.79 Å². The average molecular weight is 313 g/mol. The molecule has 0 spiro atoms. The molecule has 21 heavy (non-hydrogen) atoms. The van der Waals surface area contributed by atoms with Crippen molar-refractivity contribution in [1.29, 1.82) is 0 Å². The summed E-state index contributed by atoms with van der Waals surface area (Å²) >= 11 is 0. The number of hydrogen-bond donors (Lipinski definition) is 2. The molecule has 2 rings (SSSR count). The molecule has 0 aromatic heterocycles. The van der Waals surface area contributed by atoms with Gasteiger partial charge >= 0.3 is 0 Å². The van der Waals surface area contributed by atoms with Gasteiger partial charge in [-0.1, -0.05) is 38.1 Å². The highest BCUT2D eigenvalue weighted by Crippen LogP contribution is 2.14. The number of ether oxygens (including phenoxy) is 1. The normalized spacial score (nSPS) is 18.1. The summed E-state index contributed by atoms with van der Waals surface area (Å²) in [5, 5.41) is 6.17. The van der Waals surface area contributed by atoms with E-state index in [-0.39, 0.29) is 24.4 Å². The first-order valence-electron chi connectivity index (χ1n) is 7.33. The molecule has 0 aliphatic carbocycles. The van der Waals surface area contributed by atoms with Crippen LogP contribution in [-0.4, -0.2) is 31.7 Å². The van der Waals surface area contributed by atoms with Gasteiger partial charge in [0.05, 0.1) is 19.1 Å². The second kappa shape index (κ2) is 9.03. The lowest BCUT2D eigenvalue weighted by atomic mass is 10.0. The van der Waals surface area contributed by atoms with E-state index < -0.39 is 0 Å². The Kier molecular flexibility index (Phi) is 7.72. The van der Waals surface area contributed by atoms with Gasteiger partial charge in [0, 0.05) is 19.6 Å². The third kappa shape index (κ3) is 6.04. The molecule has 2 N–H and O–H groups in total. The van der Waals surface area contributed by atoms with Crippen molar-refractivity contribution < 1.29 is 9.53 Å². The van der Waals surface area contributed by atoms with E-state index in [0.717, 1.165) is 18.7 Å². The molecule has 4 nitrogen and oxygen atoms in total. The van der Waals surface area contributed by atoms with Gasteiger partial charge in [-0.05, 0) is 17.0 Å². The number of nitrogens with one attached hydrogen (secondary N) is 2. The molecule has 1 unspecified atom stereocenters. The van der Waals surface area contributed by atoms with Gasteiger partial charge in [0.1, 0.15) is 0 Å². The van der Waals surface area contributed by atoms with E-state index in [0.29, 0.717) is 25.5 Å². The van der Waals surface area contributed by atoms with E-state index in [4.69, 9.17) is 4.74 Å². The second-order valence-corrected chi connectivity index (χ2v) is 5.57. The van der Waals surface area contributed by atoms with E-state index in [1.165, 1.54) is 5.56 Å². The number of rotatable bonds is 5. The third-order valence-corrected chi connectivity index (χ3v) is 3.55. The molecule has 1 heterocycles. The fourth-order valence-electron chi connectivity index (χ4n) is 2.25. The minimum Gasteiger partial charge on any atom is -0.375 e. The molecule has 0 radical (unpaired) electrons. The highest BCUT2D eigenvalue weighted by molar-refractivity contribution is 5.85. The molecule has 5 heteroatoms. The Morgan fingerprint density at radius 1 is 1.38 bits per heavy atom.